The van der Waals surface area contributed by atoms with Crippen molar-refractivity contribution in [3.05, 3.63) is 76.0 Å². The van der Waals surface area contributed by atoms with Crippen LogP contribution in [0.5, 0.6) is 5.75 Å². The van der Waals surface area contributed by atoms with Gasteiger partial charge in [-0.1, -0.05) is 12.1 Å². The molecule has 136 valence electrons. The van der Waals surface area contributed by atoms with E-state index in [-0.39, 0.29) is 5.75 Å². The van der Waals surface area contributed by atoms with Gasteiger partial charge in [-0.3, -0.25) is 9.78 Å². The first kappa shape index (κ1) is 16.6. The largest absolute Gasteiger partial charge is 0.503 e. The SMILES string of the molecule is Cc1ccc(-c2nc3[nH]c(=O)c(O)cc3cc2-c2ccc3ncccc3c2)s1. The Kier molecular flexibility index (Phi) is 3.74. The van der Waals surface area contributed by atoms with E-state index in [0.717, 1.165) is 32.6 Å². The minimum Gasteiger partial charge on any atom is -0.503 e. The molecule has 0 aliphatic heterocycles. The Balaban J connectivity index is 1.83. The molecular weight excluding hydrogens is 370 g/mol. The molecule has 0 unspecified atom stereocenters. The number of pyridine rings is 3. The molecule has 0 saturated carbocycles. The van der Waals surface area contributed by atoms with E-state index in [1.807, 2.05) is 36.4 Å². The van der Waals surface area contributed by atoms with E-state index in [1.165, 1.54) is 10.9 Å². The first-order valence-electron chi connectivity index (χ1n) is 8.77. The Morgan fingerprint density at radius 1 is 1.04 bits per heavy atom. The molecule has 0 aliphatic rings. The summed E-state index contributed by atoms with van der Waals surface area (Å²) in [4.78, 5) is 25.8. The van der Waals surface area contributed by atoms with Crippen LogP contribution in [0, 0.1) is 6.92 Å². The number of aromatic nitrogens is 3. The van der Waals surface area contributed by atoms with Gasteiger partial charge in [-0.25, -0.2) is 4.98 Å². The van der Waals surface area contributed by atoms with E-state index in [4.69, 9.17) is 4.98 Å². The highest BCUT2D eigenvalue weighted by atomic mass is 32.1. The molecule has 0 aliphatic carbocycles. The third-order valence-corrected chi connectivity index (χ3v) is 5.70. The molecule has 6 heteroatoms. The number of nitrogens with one attached hydrogen (secondary N) is 1. The van der Waals surface area contributed by atoms with Crippen molar-refractivity contribution >= 4 is 33.3 Å². The molecule has 2 N–H and O–H groups in total. The van der Waals surface area contributed by atoms with E-state index < -0.39 is 5.56 Å². The molecule has 5 aromatic rings. The van der Waals surface area contributed by atoms with Crippen LogP contribution in [0.1, 0.15) is 4.88 Å². The predicted molar refractivity (Wildman–Crippen MR) is 113 cm³/mol. The van der Waals surface area contributed by atoms with Gasteiger partial charge in [0.15, 0.2) is 5.75 Å². The maximum atomic E-state index is 11.8. The van der Waals surface area contributed by atoms with Gasteiger partial charge in [0.25, 0.3) is 5.56 Å². The van der Waals surface area contributed by atoms with Crippen LogP contribution in [0.15, 0.2) is 65.6 Å². The average Bonchev–Trinajstić information content (AvgIpc) is 3.14. The summed E-state index contributed by atoms with van der Waals surface area (Å²) in [7, 11) is 0. The Bertz CT molecular complexity index is 1420. The van der Waals surface area contributed by atoms with Gasteiger partial charge in [0.2, 0.25) is 0 Å². The highest BCUT2D eigenvalue weighted by Gasteiger charge is 2.15. The second-order valence-electron chi connectivity index (χ2n) is 6.63. The van der Waals surface area contributed by atoms with E-state index >= 15 is 0 Å². The lowest BCUT2D eigenvalue weighted by Gasteiger charge is -2.11. The topological polar surface area (TPSA) is 78.9 Å². The second kappa shape index (κ2) is 6.28. The predicted octanol–water partition coefficient (Wildman–Crippen LogP) is 4.88. The monoisotopic (exact) mass is 385 g/mol. The first-order valence-corrected chi connectivity index (χ1v) is 9.59. The molecule has 28 heavy (non-hydrogen) atoms. The van der Waals surface area contributed by atoms with Crippen LogP contribution in [0.3, 0.4) is 0 Å². The summed E-state index contributed by atoms with van der Waals surface area (Å²) < 4.78 is 0. The summed E-state index contributed by atoms with van der Waals surface area (Å²) in [6.07, 6.45) is 1.78. The zero-order valence-corrected chi connectivity index (χ0v) is 15.7. The lowest BCUT2D eigenvalue weighted by molar-refractivity contribution is 0.468. The van der Waals surface area contributed by atoms with Crippen molar-refractivity contribution in [1.29, 1.82) is 0 Å². The van der Waals surface area contributed by atoms with Crippen LogP contribution in [-0.2, 0) is 0 Å². The van der Waals surface area contributed by atoms with E-state index in [2.05, 4.69) is 29.0 Å². The van der Waals surface area contributed by atoms with Gasteiger partial charge in [0, 0.05) is 27.4 Å². The van der Waals surface area contributed by atoms with Gasteiger partial charge >= 0.3 is 0 Å². The third kappa shape index (κ3) is 2.75. The van der Waals surface area contributed by atoms with Crippen LogP contribution in [0.25, 0.3) is 43.6 Å². The van der Waals surface area contributed by atoms with Gasteiger partial charge in [-0.15, -0.1) is 11.3 Å². The minimum absolute atomic E-state index is 0.317. The summed E-state index contributed by atoms with van der Waals surface area (Å²) in [5.41, 5.74) is 3.58. The highest BCUT2D eigenvalue weighted by molar-refractivity contribution is 7.15. The number of rotatable bonds is 2. The van der Waals surface area contributed by atoms with Gasteiger partial charge in [-0.2, -0.15) is 0 Å². The van der Waals surface area contributed by atoms with Crippen LogP contribution in [0.4, 0.5) is 0 Å². The van der Waals surface area contributed by atoms with Crippen LogP contribution in [0.2, 0.25) is 0 Å². The number of hydrogen-bond donors (Lipinski definition) is 2. The molecular formula is C22H15N3O2S. The number of benzene rings is 1. The van der Waals surface area contributed by atoms with Crippen molar-refractivity contribution in [2.45, 2.75) is 6.92 Å². The molecule has 0 saturated heterocycles. The fraction of sp³-hybridized carbons (Fsp3) is 0.0455. The highest BCUT2D eigenvalue weighted by Crippen LogP contribution is 2.37. The maximum Gasteiger partial charge on any atom is 0.291 e. The molecule has 0 amide bonds. The molecule has 1 aromatic carbocycles. The van der Waals surface area contributed by atoms with Crippen molar-refractivity contribution < 1.29 is 5.11 Å². The fourth-order valence-electron chi connectivity index (χ4n) is 3.34. The van der Waals surface area contributed by atoms with Crippen molar-refractivity contribution in [3.63, 3.8) is 0 Å². The second-order valence-corrected chi connectivity index (χ2v) is 7.92. The molecule has 5 nitrogen and oxygen atoms in total. The molecule has 0 bridgehead atoms. The molecule has 0 radical (unpaired) electrons. The van der Waals surface area contributed by atoms with E-state index in [1.54, 1.807) is 17.5 Å². The Labute approximate surface area is 164 Å². The number of aromatic amines is 1. The van der Waals surface area contributed by atoms with Crippen LogP contribution in [-0.4, -0.2) is 20.1 Å². The Morgan fingerprint density at radius 2 is 1.93 bits per heavy atom. The third-order valence-electron chi connectivity index (χ3n) is 4.70. The number of H-pyrrole nitrogens is 1. The summed E-state index contributed by atoms with van der Waals surface area (Å²) in [6.45, 7) is 2.05. The van der Waals surface area contributed by atoms with Gasteiger partial charge in [0.1, 0.15) is 5.65 Å². The van der Waals surface area contributed by atoms with Crippen molar-refractivity contribution in [2.24, 2.45) is 0 Å². The van der Waals surface area contributed by atoms with Gasteiger partial charge in [-0.05, 0) is 55.0 Å². The number of thiophene rings is 1. The normalized spacial score (nSPS) is 11.3. The first-order chi connectivity index (χ1) is 13.6. The maximum absolute atomic E-state index is 11.8. The Hall–Kier alpha value is -3.51. The lowest BCUT2D eigenvalue weighted by atomic mass is 9.99. The zero-order valence-electron chi connectivity index (χ0n) is 14.9. The zero-order chi connectivity index (χ0) is 19.3. The Morgan fingerprint density at radius 3 is 2.75 bits per heavy atom. The van der Waals surface area contributed by atoms with Crippen molar-refractivity contribution in [3.8, 4) is 27.4 Å². The van der Waals surface area contributed by atoms with Crippen LogP contribution >= 0.6 is 11.3 Å². The number of hydrogen-bond acceptors (Lipinski definition) is 5. The summed E-state index contributed by atoms with van der Waals surface area (Å²) >= 11 is 1.65. The molecule has 0 fully saturated rings. The molecule has 5 rings (SSSR count). The summed E-state index contributed by atoms with van der Waals surface area (Å²) in [6, 6.07) is 17.5. The van der Waals surface area contributed by atoms with Crippen molar-refractivity contribution in [2.75, 3.05) is 0 Å². The standard InChI is InChI=1S/C22H15N3O2S/c1-12-4-7-19(28-12)20-16(10-15-11-18(26)22(27)25-21(15)24-20)13-5-6-17-14(9-13)3-2-8-23-17/h2-11,26H,1H3,(H,24,25,27). The molecule has 4 aromatic heterocycles. The molecule has 0 atom stereocenters. The number of aromatic hydroxyl groups is 1. The van der Waals surface area contributed by atoms with Gasteiger partial charge < -0.3 is 10.1 Å². The van der Waals surface area contributed by atoms with Gasteiger partial charge in [0.05, 0.1) is 16.1 Å². The minimum atomic E-state index is -0.544. The summed E-state index contributed by atoms with van der Waals surface area (Å²) in [5, 5.41) is 11.5. The molecule has 4 heterocycles. The van der Waals surface area contributed by atoms with E-state index in [0.29, 0.717) is 11.0 Å². The van der Waals surface area contributed by atoms with Crippen molar-refractivity contribution in [1.82, 2.24) is 15.0 Å². The van der Waals surface area contributed by atoms with Crippen LogP contribution < -0.4 is 5.56 Å². The average molecular weight is 385 g/mol. The lowest BCUT2D eigenvalue weighted by Crippen LogP contribution is -2.06. The number of aryl methyl sites for hydroxylation is 1. The molecule has 0 spiro atoms. The van der Waals surface area contributed by atoms with E-state index in [9.17, 15) is 9.90 Å². The number of nitrogens with zero attached hydrogens (tertiary/aromatic N) is 2. The number of fused-ring (bicyclic) bond motifs is 2. The smallest absolute Gasteiger partial charge is 0.291 e. The quantitative estimate of drug-likeness (QED) is 0.454. The fourth-order valence-corrected chi connectivity index (χ4v) is 4.21. The summed E-state index contributed by atoms with van der Waals surface area (Å²) in [5.74, 6) is -0.317.